The van der Waals surface area contributed by atoms with Gasteiger partial charge < -0.3 is 9.73 Å². The number of carbonyl (C=O) groups is 2. The van der Waals surface area contributed by atoms with E-state index in [1.54, 1.807) is 18.3 Å². The zero-order chi connectivity index (χ0) is 22.0. The molecule has 0 fully saturated rings. The van der Waals surface area contributed by atoms with Crippen molar-refractivity contribution in [1.82, 2.24) is 15.4 Å². The van der Waals surface area contributed by atoms with E-state index in [2.05, 4.69) is 41.7 Å². The summed E-state index contributed by atoms with van der Waals surface area (Å²) in [6.07, 6.45) is 5.26. The van der Waals surface area contributed by atoms with Crippen molar-refractivity contribution in [2.75, 3.05) is 5.32 Å². The Morgan fingerprint density at radius 2 is 2.00 bits per heavy atom. The molecule has 0 unspecified atom stereocenters. The molecule has 4 rings (SSSR count). The average molecular weight is 482 g/mol. The van der Waals surface area contributed by atoms with Crippen LogP contribution in [0, 0.1) is 13.8 Å². The second-order valence-corrected chi connectivity index (χ2v) is 8.13. The Labute approximate surface area is 187 Å². The molecule has 3 heterocycles. The van der Waals surface area contributed by atoms with Crippen molar-refractivity contribution in [3.05, 3.63) is 75.0 Å². The molecule has 0 atom stereocenters. The van der Waals surface area contributed by atoms with Gasteiger partial charge >= 0.3 is 0 Å². The molecule has 0 saturated carbocycles. The van der Waals surface area contributed by atoms with E-state index in [0.717, 1.165) is 17.7 Å². The van der Waals surface area contributed by atoms with Gasteiger partial charge in [0.05, 0.1) is 11.3 Å². The smallest absolute Gasteiger partial charge is 0.292 e. The van der Waals surface area contributed by atoms with Gasteiger partial charge in [-0.15, -0.1) is 0 Å². The summed E-state index contributed by atoms with van der Waals surface area (Å²) in [6.45, 7) is 3.68. The van der Waals surface area contributed by atoms with Crippen LogP contribution in [0.25, 0.3) is 0 Å². The van der Waals surface area contributed by atoms with Gasteiger partial charge in [-0.05, 0) is 60.8 Å². The number of furan rings is 1. The Kier molecular flexibility index (Phi) is 5.94. The summed E-state index contributed by atoms with van der Waals surface area (Å²) in [7, 11) is 0. The first kappa shape index (κ1) is 20.9. The summed E-state index contributed by atoms with van der Waals surface area (Å²) in [5, 5.41) is 7.11. The summed E-state index contributed by atoms with van der Waals surface area (Å²) < 4.78 is 6.59. The number of hydrogen-bond donors (Lipinski definition) is 2. The molecule has 158 valence electrons. The van der Waals surface area contributed by atoms with E-state index in [0.29, 0.717) is 45.7 Å². The lowest BCUT2D eigenvalue weighted by Gasteiger charge is -2.13. The maximum atomic E-state index is 12.8. The second-order valence-electron chi connectivity index (χ2n) is 7.22. The minimum Gasteiger partial charge on any atom is -0.455 e. The normalized spacial score (nSPS) is 14.2. The fourth-order valence-electron chi connectivity index (χ4n) is 3.50. The zero-order valence-electron chi connectivity index (χ0n) is 17.0. The van der Waals surface area contributed by atoms with Crippen LogP contribution in [0.3, 0.4) is 0 Å². The highest BCUT2D eigenvalue weighted by molar-refractivity contribution is 9.10. The molecule has 31 heavy (non-hydrogen) atoms. The number of nitrogens with zero attached hydrogens (tertiary/aromatic N) is 3. The molecule has 0 saturated heterocycles. The quantitative estimate of drug-likeness (QED) is 0.543. The Hall–Kier alpha value is -3.33. The molecule has 8 nitrogen and oxygen atoms in total. The number of aromatic nitrogens is 2. The van der Waals surface area contributed by atoms with Gasteiger partial charge in [-0.1, -0.05) is 6.07 Å². The highest BCUT2D eigenvalue weighted by atomic mass is 79.9. The topological polar surface area (TPSA) is 109 Å². The molecular weight excluding hydrogens is 462 g/mol. The molecule has 1 aliphatic rings. The van der Waals surface area contributed by atoms with Crippen molar-refractivity contribution in [2.45, 2.75) is 33.1 Å². The molecule has 3 aromatic heterocycles. The van der Waals surface area contributed by atoms with E-state index in [9.17, 15) is 9.59 Å². The highest BCUT2D eigenvalue weighted by Crippen LogP contribution is 2.30. The van der Waals surface area contributed by atoms with Crippen LogP contribution in [-0.2, 0) is 6.42 Å². The van der Waals surface area contributed by atoms with Gasteiger partial charge in [0.25, 0.3) is 11.8 Å². The lowest BCUT2D eigenvalue weighted by molar-refractivity contribution is 0.0953. The number of hydrogen-bond acceptors (Lipinski definition) is 6. The van der Waals surface area contributed by atoms with Gasteiger partial charge in [-0.25, -0.2) is 10.4 Å². The molecule has 2 amide bonds. The van der Waals surface area contributed by atoms with E-state index in [-0.39, 0.29) is 17.6 Å². The molecule has 3 aromatic rings. The van der Waals surface area contributed by atoms with Crippen LogP contribution in [-0.4, -0.2) is 27.5 Å². The van der Waals surface area contributed by atoms with Crippen LogP contribution in [0.1, 0.15) is 56.3 Å². The number of rotatable bonds is 4. The summed E-state index contributed by atoms with van der Waals surface area (Å²) in [5.74, 6) is 0.655. The van der Waals surface area contributed by atoms with Crippen LogP contribution in [0.15, 0.2) is 50.7 Å². The third-order valence-corrected chi connectivity index (χ3v) is 5.35. The van der Waals surface area contributed by atoms with Gasteiger partial charge in [0.1, 0.15) is 11.6 Å². The van der Waals surface area contributed by atoms with Crippen molar-refractivity contribution in [2.24, 2.45) is 5.10 Å². The molecule has 0 radical (unpaired) electrons. The van der Waals surface area contributed by atoms with E-state index >= 15 is 0 Å². The third-order valence-electron chi connectivity index (χ3n) is 4.92. The van der Waals surface area contributed by atoms with E-state index in [4.69, 9.17) is 4.42 Å². The first-order valence-electron chi connectivity index (χ1n) is 9.77. The van der Waals surface area contributed by atoms with Crippen molar-refractivity contribution >= 4 is 39.3 Å². The van der Waals surface area contributed by atoms with Gasteiger partial charge in [0, 0.05) is 40.1 Å². The number of fused-ring (bicyclic) bond motifs is 1. The Morgan fingerprint density at radius 3 is 2.77 bits per heavy atom. The van der Waals surface area contributed by atoms with Gasteiger partial charge in [-0.3, -0.25) is 14.6 Å². The number of anilines is 1. The predicted molar refractivity (Wildman–Crippen MR) is 119 cm³/mol. The Bertz CT molecular complexity index is 1200. The standard InChI is InChI=1S/C22H20BrN5O3/c1-12-5-3-8-18(25-12)26-22(30)20-13(2)19-16(6-4-7-17(19)31-20)27-28-21(29)14-9-15(23)11-24-10-14/h3,5,8-11H,4,6-7H2,1-2H3,(H,28,29)(H,25,26,30)/b27-16+. The van der Waals surface area contributed by atoms with E-state index in [1.165, 1.54) is 6.20 Å². The maximum Gasteiger partial charge on any atom is 0.292 e. The molecular formula is C22H20BrN5O3. The summed E-state index contributed by atoms with van der Waals surface area (Å²) in [4.78, 5) is 33.5. The lowest BCUT2D eigenvalue weighted by atomic mass is 9.93. The molecule has 2 N–H and O–H groups in total. The molecule has 0 aliphatic heterocycles. The molecule has 1 aliphatic carbocycles. The molecule has 0 spiro atoms. The summed E-state index contributed by atoms with van der Waals surface area (Å²) in [6, 6.07) is 7.07. The summed E-state index contributed by atoms with van der Waals surface area (Å²) in [5.41, 5.74) is 5.94. The fraction of sp³-hybridized carbons (Fsp3) is 0.227. The second kappa shape index (κ2) is 8.81. The zero-order valence-corrected chi connectivity index (χ0v) is 18.6. The first-order valence-corrected chi connectivity index (χ1v) is 10.6. The highest BCUT2D eigenvalue weighted by Gasteiger charge is 2.28. The van der Waals surface area contributed by atoms with Gasteiger partial charge in [0.2, 0.25) is 0 Å². The number of hydrazone groups is 1. The Morgan fingerprint density at radius 1 is 1.16 bits per heavy atom. The number of amides is 2. The first-order chi connectivity index (χ1) is 14.9. The average Bonchev–Trinajstić information content (AvgIpc) is 3.09. The monoisotopic (exact) mass is 481 g/mol. The SMILES string of the molecule is Cc1cccc(NC(=O)c2oc3c(c2C)/C(=N/NC(=O)c2cncc(Br)c2)CCC3)n1. The lowest BCUT2D eigenvalue weighted by Crippen LogP contribution is -2.22. The third kappa shape index (κ3) is 4.56. The van der Waals surface area contributed by atoms with E-state index < -0.39 is 0 Å². The van der Waals surface area contributed by atoms with Crippen molar-refractivity contribution in [1.29, 1.82) is 0 Å². The molecule has 9 heteroatoms. The van der Waals surface area contributed by atoms with Crippen molar-refractivity contribution < 1.29 is 14.0 Å². The fourth-order valence-corrected chi connectivity index (χ4v) is 3.87. The minimum atomic E-state index is -0.367. The van der Waals surface area contributed by atoms with Crippen molar-refractivity contribution in [3.63, 3.8) is 0 Å². The van der Waals surface area contributed by atoms with Crippen LogP contribution in [0.2, 0.25) is 0 Å². The summed E-state index contributed by atoms with van der Waals surface area (Å²) >= 11 is 3.30. The number of carbonyl (C=O) groups excluding carboxylic acids is 2. The van der Waals surface area contributed by atoms with Crippen LogP contribution < -0.4 is 10.7 Å². The van der Waals surface area contributed by atoms with Gasteiger partial charge in [0.15, 0.2) is 5.76 Å². The van der Waals surface area contributed by atoms with Crippen LogP contribution in [0.5, 0.6) is 0 Å². The predicted octanol–water partition coefficient (Wildman–Crippen LogP) is 4.17. The van der Waals surface area contributed by atoms with Gasteiger partial charge in [-0.2, -0.15) is 5.10 Å². The van der Waals surface area contributed by atoms with Crippen LogP contribution >= 0.6 is 15.9 Å². The largest absolute Gasteiger partial charge is 0.455 e. The number of aryl methyl sites for hydroxylation is 2. The molecule has 0 aromatic carbocycles. The Balaban J connectivity index is 1.57. The van der Waals surface area contributed by atoms with Crippen LogP contribution in [0.4, 0.5) is 5.82 Å². The maximum absolute atomic E-state index is 12.8. The minimum absolute atomic E-state index is 0.227. The number of nitrogens with one attached hydrogen (secondary N) is 2. The number of pyridine rings is 2. The van der Waals surface area contributed by atoms with Crippen molar-refractivity contribution in [3.8, 4) is 0 Å². The van der Waals surface area contributed by atoms with E-state index in [1.807, 2.05) is 26.0 Å². The molecule has 0 bridgehead atoms. The number of halogens is 1.